The molecule has 6 rings (SSSR count). The summed E-state index contributed by atoms with van der Waals surface area (Å²) in [5.74, 6) is -3.89. The van der Waals surface area contributed by atoms with Gasteiger partial charge in [-0.3, -0.25) is 19.2 Å². The van der Waals surface area contributed by atoms with Crippen molar-refractivity contribution in [2.24, 2.45) is 17.8 Å². The van der Waals surface area contributed by atoms with Crippen LogP contribution >= 0.6 is 0 Å². The third-order valence-electron chi connectivity index (χ3n) is 11.4. The summed E-state index contributed by atoms with van der Waals surface area (Å²) >= 11 is 0. The Morgan fingerprint density at radius 3 is 2.35 bits per heavy atom. The SMILES string of the molecule is CC[C@H](C)[C@H](CO)N1C(=O)[C@@H]2[C@H]3C(=O)O[C@@H](c4ccccc4)[C@H](C)NC(=O)CC/C=C\CN(c4ccc(N(CC)CC)cc4)C(=O)[C@@H]1[C@]21C=C[C@H]3O1. The van der Waals surface area contributed by atoms with E-state index in [1.165, 1.54) is 4.90 Å². The molecule has 4 heterocycles. The molecular weight excluding hydrogens is 660 g/mol. The van der Waals surface area contributed by atoms with E-state index in [0.717, 1.165) is 18.8 Å². The lowest BCUT2D eigenvalue weighted by Gasteiger charge is -2.40. The maximum absolute atomic E-state index is 15.3. The van der Waals surface area contributed by atoms with Crippen molar-refractivity contribution < 1.29 is 33.8 Å². The fourth-order valence-corrected chi connectivity index (χ4v) is 8.45. The summed E-state index contributed by atoms with van der Waals surface area (Å²) in [6, 6.07) is 14.5. The Balaban J connectivity index is 1.47. The normalized spacial score (nSPS) is 30.9. The first-order valence-corrected chi connectivity index (χ1v) is 18.8. The molecule has 3 amide bonds. The first-order valence-electron chi connectivity index (χ1n) is 18.8. The Morgan fingerprint density at radius 1 is 0.981 bits per heavy atom. The predicted molar refractivity (Wildman–Crippen MR) is 198 cm³/mol. The molecule has 0 radical (unpaired) electrons. The van der Waals surface area contributed by atoms with E-state index in [9.17, 15) is 19.5 Å². The van der Waals surface area contributed by atoms with E-state index in [-0.39, 0.29) is 37.3 Å². The first-order chi connectivity index (χ1) is 25.1. The Morgan fingerprint density at radius 2 is 1.69 bits per heavy atom. The number of benzene rings is 2. The predicted octanol–water partition coefficient (Wildman–Crippen LogP) is 4.56. The van der Waals surface area contributed by atoms with Crippen LogP contribution in [0.3, 0.4) is 0 Å². The van der Waals surface area contributed by atoms with Gasteiger partial charge in [0, 0.05) is 37.4 Å². The van der Waals surface area contributed by atoms with Gasteiger partial charge in [-0.2, -0.15) is 0 Å². The number of anilines is 2. The number of fused-ring (bicyclic) bond motifs is 2. The van der Waals surface area contributed by atoms with E-state index >= 15 is 4.79 Å². The number of nitrogens with zero attached hydrogens (tertiary/aromatic N) is 3. The number of ether oxygens (including phenoxy) is 2. The van der Waals surface area contributed by atoms with Crippen LogP contribution in [0.5, 0.6) is 0 Å². The van der Waals surface area contributed by atoms with E-state index in [2.05, 4.69) is 24.1 Å². The molecule has 2 aromatic rings. The molecule has 4 aliphatic heterocycles. The van der Waals surface area contributed by atoms with Crippen LogP contribution in [0, 0.1) is 17.8 Å². The molecule has 5 bridgehead atoms. The highest BCUT2D eigenvalue weighted by Crippen LogP contribution is 2.57. The maximum Gasteiger partial charge on any atom is 0.313 e. The second-order valence-electron chi connectivity index (χ2n) is 14.4. The van der Waals surface area contributed by atoms with Gasteiger partial charge in [-0.25, -0.2) is 0 Å². The molecule has 4 aliphatic rings. The Kier molecular flexibility index (Phi) is 11.2. The van der Waals surface area contributed by atoms with Crippen LogP contribution in [-0.2, 0) is 28.7 Å². The molecule has 0 unspecified atom stereocenters. The highest BCUT2D eigenvalue weighted by Gasteiger charge is 2.74. The van der Waals surface area contributed by atoms with E-state index in [4.69, 9.17) is 9.47 Å². The first kappa shape index (κ1) is 37.3. The second-order valence-corrected chi connectivity index (χ2v) is 14.4. The monoisotopic (exact) mass is 712 g/mol. The summed E-state index contributed by atoms with van der Waals surface area (Å²) in [7, 11) is 0. The van der Waals surface area contributed by atoms with E-state index < -0.39 is 59.6 Å². The average molecular weight is 713 g/mol. The Hall–Kier alpha value is -4.48. The quantitative estimate of drug-likeness (QED) is 0.286. The van der Waals surface area contributed by atoms with Crippen molar-refractivity contribution in [3.8, 4) is 0 Å². The van der Waals surface area contributed by atoms with Crippen LogP contribution in [0.25, 0.3) is 0 Å². The number of aliphatic hydroxyl groups excluding tert-OH is 1. The van der Waals surface area contributed by atoms with Crippen molar-refractivity contribution in [3.05, 3.63) is 84.5 Å². The summed E-state index contributed by atoms with van der Waals surface area (Å²) in [5, 5.41) is 13.8. The zero-order valence-electron chi connectivity index (χ0n) is 30.8. The molecule has 2 fully saturated rings. The minimum Gasteiger partial charge on any atom is -0.455 e. The molecule has 1 spiro atoms. The fourth-order valence-electron chi connectivity index (χ4n) is 8.45. The maximum atomic E-state index is 15.3. The number of aliphatic hydroxyl groups is 1. The third-order valence-corrected chi connectivity index (χ3v) is 11.4. The van der Waals surface area contributed by atoms with Gasteiger partial charge in [0.2, 0.25) is 11.8 Å². The number of rotatable bonds is 9. The lowest BCUT2D eigenvalue weighted by Crippen LogP contribution is -2.59. The number of hydrogen-bond acceptors (Lipinski definition) is 8. The number of allylic oxidation sites excluding steroid dienone is 1. The molecule has 0 saturated carbocycles. The van der Waals surface area contributed by atoms with Crippen molar-refractivity contribution in [3.63, 3.8) is 0 Å². The molecule has 0 aromatic heterocycles. The minimum atomic E-state index is -1.46. The van der Waals surface area contributed by atoms with Crippen molar-refractivity contribution in [1.82, 2.24) is 10.2 Å². The van der Waals surface area contributed by atoms with Gasteiger partial charge < -0.3 is 34.6 Å². The number of carbonyl (C=O) groups excluding carboxylic acids is 4. The Labute approximate surface area is 306 Å². The topological polar surface area (TPSA) is 129 Å². The molecule has 2 aromatic carbocycles. The van der Waals surface area contributed by atoms with Crippen LogP contribution in [0.2, 0.25) is 0 Å². The number of amides is 3. The smallest absolute Gasteiger partial charge is 0.313 e. The number of cyclic esters (lactones) is 1. The molecule has 11 heteroatoms. The van der Waals surface area contributed by atoms with Crippen LogP contribution in [0.4, 0.5) is 11.4 Å². The van der Waals surface area contributed by atoms with Gasteiger partial charge in [0.25, 0.3) is 5.91 Å². The number of esters is 1. The molecular formula is C41H52N4O7. The number of hydrogen-bond donors (Lipinski definition) is 2. The summed E-state index contributed by atoms with van der Waals surface area (Å²) in [4.78, 5) is 63.0. The third kappa shape index (κ3) is 6.65. The summed E-state index contributed by atoms with van der Waals surface area (Å²) in [5.41, 5.74) is 0.891. The number of carbonyl (C=O) groups is 4. The zero-order chi connectivity index (χ0) is 37.2. The van der Waals surface area contributed by atoms with Crippen molar-refractivity contribution in [2.75, 3.05) is 36.0 Å². The molecule has 0 aliphatic carbocycles. The number of likely N-dealkylation sites (tertiary alicyclic amines) is 1. The number of nitrogens with one attached hydrogen (secondary N) is 1. The van der Waals surface area contributed by atoms with Crippen molar-refractivity contribution >= 4 is 35.1 Å². The highest BCUT2D eigenvalue weighted by molar-refractivity contribution is 6.05. The second kappa shape index (κ2) is 15.6. The summed E-state index contributed by atoms with van der Waals surface area (Å²) in [6.45, 7) is 11.4. The van der Waals surface area contributed by atoms with Gasteiger partial charge in [-0.15, -0.1) is 0 Å². The van der Waals surface area contributed by atoms with Gasteiger partial charge in [0.05, 0.1) is 30.7 Å². The summed E-state index contributed by atoms with van der Waals surface area (Å²) < 4.78 is 12.9. The molecule has 2 N–H and O–H groups in total. The molecule has 278 valence electrons. The summed E-state index contributed by atoms with van der Waals surface area (Å²) in [6.07, 6.45) is 6.93. The van der Waals surface area contributed by atoms with E-state index in [0.29, 0.717) is 24.1 Å². The van der Waals surface area contributed by atoms with Crippen molar-refractivity contribution in [2.45, 2.75) is 89.8 Å². The van der Waals surface area contributed by atoms with Gasteiger partial charge >= 0.3 is 5.97 Å². The minimum absolute atomic E-state index is 0.155. The standard InChI is InChI=1S/C41H52N4O7/c1-6-26(4)31(25-46)45-37-39(49)44(30-20-18-29(19-21-30)43(7-2)8-3)24-14-10-13-17-33(47)42-27(5)36(28-15-11-9-12-16-28)51-40(50)34-32-22-23-41(37,52-32)35(34)38(45)48/h9-12,14-16,18-23,26-27,31-32,34-37,46H,6-8,13,17,24-25H2,1-5H3,(H,42,47)/b14-10-/t26-,27-,31-,32+,34-,35-,36+,37+,41-/m0/s1. The van der Waals surface area contributed by atoms with Gasteiger partial charge in [-0.05, 0) is 62.9 Å². The largest absolute Gasteiger partial charge is 0.455 e. The van der Waals surface area contributed by atoms with Gasteiger partial charge in [0.1, 0.15) is 23.7 Å². The van der Waals surface area contributed by atoms with Crippen molar-refractivity contribution in [1.29, 1.82) is 0 Å². The lowest BCUT2D eigenvalue weighted by molar-refractivity contribution is -0.161. The van der Waals surface area contributed by atoms with Gasteiger partial charge in [0.15, 0.2) is 0 Å². The Bertz CT molecular complexity index is 1680. The molecule has 11 nitrogen and oxygen atoms in total. The van der Waals surface area contributed by atoms with Crippen LogP contribution in [-0.4, -0.2) is 89.8 Å². The average Bonchev–Trinajstić information content (AvgIpc) is 3.80. The molecule has 2 saturated heterocycles. The highest BCUT2D eigenvalue weighted by atomic mass is 16.6. The fraction of sp³-hybridized carbons (Fsp3) is 0.512. The van der Waals surface area contributed by atoms with E-state index in [1.807, 2.05) is 80.6 Å². The van der Waals surface area contributed by atoms with E-state index in [1.54, 1.807) is 24.0 Å². The van der Waals surface area contributed by atoms with Gasteiger partial charge in [-0.1, -0.05) is 74.9 Å². The van der Waals surface area contributed by atoms with Crippen LogP contribution in [0.15, 0.2) is 78.9 Å². The molecule has 9 atom stereocenters. The zero-order valence-corrected chi connectivity index (χ0v) is 30.8. The lowest BCUT2D eigenvalue weighted by atomic mass is 9.74. The van der Waals surface area contributed by atoms with Crippen LogP contribution < -0.4 is 15.1 Å². The molecule has 52 heavy (non-hydrogen) atoms. The van der Waals surface area contributed by atoms with Crippen LogP contribution in [0.1, 0.15) is 65.5 Å².